The van der Waals surface area contributed by atoms with Crippen LogP contribution in [0.1, 0.15) is 29.0 Å². The zero-order chi connectivity index (χ0) is 33.5. The van der Waals surface area contributed by atoms with E-state index in [2.05, 4.69) is 150 Å². The molecule has 0 amide bonds. The molecule has 51 heavy (non-hydrogen) atoms. The van der Waals surface area contributed by atoms with Crippen molar-refractivity contribution >= 4 is 90.8 Å². The second-order valence-corrected chi connectivity index (χ2v) is 15.4. The first kappa shape index (κ1) is 29.0. The van der Waals surface area contributed by atoms with Crippen molar-refractivity contribution in [3.8, 4) is 11.1 Å². The highest BCUT2D eigenvalue weighted by molar-refractivity contribution is 7.26. The minimum atomic E-state index is -0.191. The van der Waals surface area contributed by atoms with E-state index in [1.54, 1.807) is 0 Å². The Bertz CT molecular complexity index is 3010. The summed E-state index contributed by atoms with van der Waals surface area (Å²) in [4.78, 5) is 5.23. The summed E-state index contributed by atoms with van der Waals surface area (Å²) < 4.78 is 11.5. The van der Waals surface area contributed by atoms with E-state index in [-0.39, 0.29) is 12.3 Å². The van der Waals surface area contributed by atoms with Crippen LogP contribution in [0.4, 0.5) is 0 Å². The van der Waals surface area contributed by atoms with E-state index in [0.29, 0.717) is 0 Å². The quantitative estimate of drug-likeness (QED) is 0.193. The summed E-state index contributed by atoms with van der Waals surface area (Å²) in [7, 11) is 0. The number of furan rings is 1. The van der Waals surface area contributed by atoms with Crippen molar-refractivity contribution in [3.63, 3.8) is 0 Å². The van der Waals surface area contributed by atoms with Crippen LogP contribution in [0.5, 0.6) is 0 Å². The average Bonchev–Trinajstić information content (AvgIpc) is 3.88. The SMILES string of the molecule is c1ccc(C2N=C(c3ccc4c(c3)sc3ccccc34)NC(c3ccc4sc5cc(-c6cccc7c6oc6ccccc67)ccc5c4c3)N2)cc1. The highest BCUT2D eigenvalue weighted by atomic mass is 32.1. The van der Waals surface area contributed by atoms with E-state index in [1.807, 2.05) is 34.8 Å². The van der Waals surface area contributed by atoms with Gasteiger partial charge < -0.3 is 9.73 Å². The molecular weight excluding hydrogens is 663 g/mol. The van der Waals surface area contributed by atoms with E-state index in [1.165, 1.54) is 45.9 Å². The van der Waals surface area contributed by atoms with Gasteiger partial charge in [-0.1, -0.05) is 115 Å². The molecule has 3 aromatic heterocycles. The number of amidine groups is 1. The van der Waals surface area contributed by atoms with E-state index in [4.69, 9.17) is 9.41 Å². The summed E-state index contributed by atoms with van der Waals surface area (Å²) in [6, 6.07) is 54.3. The number of nitrogens with one attached hydrogen (secondary N) is 2. The van der Waals surface area contributed by atoms with Gasteiger partial charge in [0.15, 0.2) is 0 Å². The Labute approximate surface area is 301 Å². The first-order valence-corrected chi connectivity index (χ1v) is 18.8. The molecule has 0 radical (unpaired) electrons. The summed E-state index contributed by atoms with van der Waals surface area (Å²) in [6.45, 7) is 0. The lowest BCUT2D eigenvalue weighted by atomic mass is 10.0. The molecule has 11 rings (SSSR count). The standard InChI is InChI=1S/C45H29N3OS2/c1-2-9-26(10-3-1)43-46-44(48-45(47-43)29-18-21-33-32-12-5-7-16-38(32)50-41(33)25-29)28-19-22-39-36(23-28)34-20-17-27(24-40(34)51-39)30-13-8-14-35-31-11-4-6-15-37(31)49-42(30)35/h1-25,43-44,46H,(H,47,48). The second kappa shape index (κ2) is 11.4. The minimum absolute atomic E-state index is 0.134. The number of para-hydroxylation sites is 2. The number of rotatable bonds is 4. The van der Waals surface area contributed by atoms with Gasteiger partial charge in [-0.25, -0.2) is 4.99 Å². The van der Waals surface area contributed by atoms with Crippen molar-refractivity contribution in [2.24, 2.45) is 4.99 Å². The molecule has 0 saturated carbocycles. The maximum atomic E-state index is 6.39. The van der Waals surface area contributed by atoms with Crippen molar-refractivity contribution in [2.45, 2.75) is 12.3 Å². The maximum absolute atomic E-state index is 6.39. The average molecular weight is 692 g/mol. The maximum Gasteiger partial charge on any atom is 0.143 e. The number of hydrogen-bond acceptors (Lipinski definition) is 6. The third-order valence-corrected chi connectivity index (χ3v) is 12.4. The number of aliphatic imine (C=N–C) groups is 1. The van der Waals surface area contributed by atoms with Crippen LogP contribution in [-0.2, 0) is 0 Å². The molecule has 7 aromatic carbocycles. The fourth-order valence-electron chi connectivity index (χ4n) is 7.67. The fraction of sp³-hybridized carbons (Fsp3) is 0.0444. The van der Waals surface area contributed by atoms with Crippen molar-refractivity contribution in [3.05, 3.63) is 168 Å². The van der Waals surface area contributed by atoms with Crippen LogP contribution in [0.2, 0.25) is 0 Å². The topological polar surface area (TPSA) is 49.6 Å². The lowest BCUT2D eigenvalue weighted by Crippen LogP contribution is -2.44. The van der Waals surface area contributed by atoms with Crippen molar-refractivity contribution in [1.29, 1.82) is 0 Å². The number of nitrogens with zero attached hydrogens (tertiary/aromatic N) is 1. The van der Waals surface area contributed by atoms with Crippen molar-refractivity contribution in [1.82, 2.24) is 10.6 Å². The van der Waals surface area contributed by atoms with Crippen LogP contribution >= 0.6 is 22.7 Å². The molecule has 0 aliphatic carbocycles. The summed E-state index contributed by atoms with van der Waals surface area (Å²) in [5, 5.41) is 15.0. The predicted molar refractivity (Wildman–Crippen MR) is 216 cm³/mol. The number of hydrogen-bond donors (Lipinski definition) is 2. The summed E-state index contributed by atoms with van der Waals surface area (Å²) in [6.07, 6.45) is -0.325. The molecule has 4 heterocycles. The lowest BCUT2D eigenvalue weighted by Gasteiger charge is -2.32. The van der Waals surface area contributed by atoms with E-state index < -0.39 is 0 Å². The molecule has 0 spiro atoms. The van der Waals surface area contributed by atoms with Crippen LogP contribution in [0.3, 0.4) is 0 Å². The van der Waals surface area contributed by atoms with Gasteiger partial charge in [-0.2, -0.15) is 0 Å². The number of benzene rings is 7. The zero-order valence-corrected chi connectivity index (χ0v) is 28.9. The van der Waals surface area contributed by atoms with Crippen molar-refractivity contribution in [2.75, 3.05) is 0 Å². The smallest absolute Gasteiger partial charge is 0.143 e. The summed E-state index contributed by atoms with van der Waals surface area (Å²) >= 11 is 3.68. The van der Waals surface area contributed by atoms with E-state index in [9.17, 15) is 0 Å². The Kier molecular flexibility index (Phi) is 6.46. The van der Waals surface area contributed by atoms with Crippen LogP contribution in [0.15, 0.2) is 161 Å². The van der Waals surface area contributed by atoms with Crippen LogP contribution in [0, 0.1) is 0 Å². The molecule has 1 aliphatic rings. The van der Waals surface area contributed by atoms with E-state index in [0.717, 1.165) is 50.0 Å². The van der Waals surface area contributed by atoms with Gasteiger partial charge in [0.05, 0.1) is 0 Å². The molecule has 1 aliphatic heterocycles. The molecule has 0 saturated heterocycles. The van der Waals surface area contributed by atoms with Gasteiger partial charge in [0.25, 0.3) is 0 Å². The van der Waals surface area contributed by atoms with Gasteiger partial charge in [0, 0.05) is 62.2 Å². The summed E-state index contributed by atoms with van der Waals surface area (Å²) in [5.41, 5.74) is 7.55. The Hall–Kier alpha value is -5.79. The molecule has 2 N–H and O–H groups in total. The Morgan fingerprint density at radius 1 is 0.490 bits per heavy atom. The van der Waals surface area contributed by atoms with Gasteiger partial charge in [-0.05, 0) is 53.1 Å². The monoisotopic (exact) mass is 691 g/mol. The largest absolute Gasteiger partial charge is 0.455 e. The Balaban J connectivity index is 0.984. The van der Waals surface area contributed by atoms with Crippen LogP contribution in [0.25, 0.3) is 73.4 Å². The number of thiophene rings is 2. The van der Waals surface area contributed by atoms with Crippen LogP contribution in [-0.4, -0.2) is 5.84 Å². The first-order chi connectivity index (χ1) is 25.2. The lowest BCUT2D eigenvalue weighted by molar-refractivity contribution is 0.409. The molecular formula is C45H29N3OS2. The van der Waals surface area contributed by atoms with Gasteiger partial charge >= 0.3 is 0 Å². The van der Waals surface area contributed by atoms with E-state index >= 15 is 0 Å². The number of fused-ring (bicyclic) bond motifs is 9. The molecule has 0 fully saturated rings. The zero-order valence-electron chi connectivity index (χ0n) is 27.3. The molecule has 0 bridgehead atoms. The molecule has 6 heteroatoms. The van der Waals surface area contributed by atoms with Gasteiger partial charge in [0.1, 0.15) is 29.3 Å². The van der Waals surface area contributed by atoms with Crippen molar-refractivity contribution < 1.29 is 4.42 Å². The second-order valence-electron chi connectivity index (χ2n) is 13.2. The summed E-state index contributed by atoms with van der Waals surface area (Å²) in [5.74, 6) is 0.895. The normalized spacial score (nSPS) is 16.4. The first-order valence-electron chi connectivity index (χ1n) is 17.2. The third kappa shape index (κ3) is 4.72. The third-order valence-electron chi connectivity index (χ3n) is 10.2. The fourth-order valence-corrected chi connectivity index (χ4v) is 9.94. The molecule has 10 aromatic rings. The Morgan fingerprint density at radius 3 is 2.06 bits per heavy atom. The van der Waals surface area contributed by atoms with Gasteiger partial charge in [-0.15, -0.1) is 22.7 Å². The highest BCUT2D eigenvalue weighted by Crippen LogP contribution is 2.41. The molecule has 4 nitrogen and oxygen atoms in total. The highest BCUT2D eigenvalue weighted by Gasteiger charge is 2.26. The minimum Gasteiger partial charge on any atom is -0.455 e. The molecule has 242 valence electrons. The Morgan fingerprint density at radius 2 is 1.18 bits per heavy atom. The van der Waals surface area contributed by atoms with Gasteiger partial charge in [-0.3, -0.25) is 5.32 Å². The predicted octanol–water partition coefficient (Wildman–Crippen LogP) is 12.3. The van der Waals surface area contributed by atoms with Crippen LogP contribution < -0.4 is 10.6 Å². The molecule has 2 atom stereocenters. The molecule has 2 unspecified atom stereocenters. The van der Waals surface area contributed by atoms with Gasteiger partial charge in [0.2, 0.25) is 0 Å².